The van der Waals surface area contributed by atoms with Crippen LogP contribution >= 0.6 is 0 Å². The van der Waals surface area contributed by atoms with E-state index in [2.05, 4.69) is 6.92 Å². The van der Waals surface area contributed by atoms with Crippen LogP contribution in [0.15, 0.2) is 0 Å². The Hall–Kier alpha value is -0.610. The fourth-order valence-electron chi connectivity index (χ4n) is 3.06. The fourth-order valence-corrected chi connectivity index (χ4v) is 3.06. The van der Waals surface area contributed by atoms with Crippen molar-refractivity contribution < 1.29 is 19.0 Å². The molecule has 90 valence electrons. The zero-order chi connectivity index (χ0) is 11.2. The Morgan fingerprint density at radius 1 is 1.31 bits per heavy atom. The van der Waals surface area contributed by atoms with Gasteiger partial charge in [-0.25, -0.2) is 0 Å². The summed E-state index contributed by atoms with van der Waals surface area (Å²) in [7, 11) is 0. The predicted molar refractivity (Wildman–Crippen MR) is 56.0 cm³/mol. The first-order valence-corrected chi connectivity index (χ1v) is 6.16. The Bertz CT molecular complexity index is 303. The van der Waals surface area contributed by atoms with E-state index >= 15 is 0 Å². The van der Waals surface area contributed by atoms with Crippen LogP contribution in [0.1, 0.15) is 39.0 Å². The first-order valence-electron chi connectivity index (χ1n) is 6.16. The van der Waals surface area contributed by atoms with Crippen molar-refractivity contribution in [1.82, 2.24) is 0 Å². The van der Waals surface area contributed by atoms with E-state index in [0.717, 1.165) is 32.3 Å². The van der Waals surface area contributed by atoms with Gasteiger partial charge < -0.3 is 14.2 Å². The summed E-state index contributed by atoms with van der Waals surface area (Å²) in [5.41, 5.74) is -0.253. The van der Waals surface area contributed by atoms with Gasteiger partial charge in [0.1, 0.15) is 6.10 Å². The molecule has 4 atom stereocenters. The predicted octanol–water partition coefficient (Wildman–Crippen LogP) is 1.42. The number of carbonyl (C=O) groups is 1. The van der Waals surface area contributed by atoms with Crippen LogP contribution in [-0.4, -0.2) is 36.5 Å². The van der Waals surface area contributed by atoms with Crippen LogP contribution in [0.2, 0.25) is 0 Å². The Balaban J connectivity index is 1.77. The Labute approximate surface area is 95.2 Å². The molecule has 0 aliphatic carbocycles. The summed E-state index contributed by atoms with van der Waals surface area (Å²) in [6.07, 6.45) is 4.39. The van der Waals surface area contributed by atoms with Gasteiger partial charge in [-0.05, 0) is 26.2 Å². The largest absolute Gasteiger partial charge is 0.459 e. The lowest BCUT2D eigenvalue weighted by molar-refractivity contribution is -0.259. The second kappa shape index (κ2) is 3.70. The van der Waals surface area contributed by atoms with E-state index in [1.807, 2.05) is 0 Å². The number of fused-ring (bicyclic) bond motifs is 2. The minimum Gasteiger partial charge on any atom is -0.459 e. The number of carbonyl (C=O) groups excluding carboxylic acids is 1. The molecule has 0 N–H and O–H groups in total. The zero-order valence-corrected chi connectivity index (χ0v) is 9.61. The van der Waals surface area contributed by atoms with Crippen molar-refractivity contribution in [3.05, 3.63) is 0 Å². The van der Waals surface area contributed by atoms with Crippen LogP contribution in [0.3, 0.4) is 0 Å². The lowest BCUT2D eigenvalue weighted by Crippen LogP contribution is -2.59. The molecule has 0 amide bonds. The summed E-state index contributed by atoms with van der Waals surface area (Å²) in [6.45, 7) is 2.87. The molecule has 0 saturated carbocycles. The van der Waals surface area contributed by atoms with E-state index in [1.54, 1.807) is 0 Å². The van der Waals surface area contributed by atoms with Gasteiger partial charge in [0.05, 0.1) is 17.8 Å². The molecule has 0 radical (unpaired) electrons. The Morgan fingerprint density at radius 2 is 2.19 bits per heavy atom. The second-order valence-corrected chi connectivity index (χ2v) is 5.24. The highest BCUT2D eigenvalue weighted by molar-refractivity contribution is 5.70. The molecule has 0 aromatic rings. The molecule has 3 aliphatic rings. The van der Waals surface area contributed by atoms with Crippen LogP contribution in [0.5, 0.6) is 0 Å². The van der Waals surface area contributed by atoms with E-state index < -0.39 is 0 Å². The number of ether oxygens (including phenoxy) is 3. The molecule has 0 bridgehead atoms. The monoisotopic (exact) mass is 226 g/mol. The summed E-state index contributed by atoms with van der Waals surface area (Å²) in [5, 5.41) is 0. The minimum absolute atomic E-state index is 0.0947. The quantitative estimate of drug-likeness (QED) is 0.586. The molecule has 3 aliphatic heterocycles. The van der Waals surface area contributed by atoms with Gasteiger partial charge >= 0.3 is 5.97 Å². The molecule has 4 nitrogen and oxygen atoms in total. The number of rotatable bonds is 0. The van der Waals surface area contributed by atoms with Crippen LogP contribution in [-0.2, 0) is 19.0 Å². The molecule has 0 aromatic carbocycles. The van der Waals surface area contributed by atoms with Crippen LogP contribution in [0.4, 0.5) is 0 Å². The summed E-state index contributed by atoms with van der Waals surface area (Å²) < 4.78 is 17.2. The van der Waals surface area contributed by atoms with Gasteiger partial charge in [-0.15, -0.1) is 0 Å². The van der Waals surface area contributed by atoms with Crippen molar-refractivity contribution in [2.75, 3.05) is 6.61 Å². The molecule has 3 saturated heterocycles. The van der Waals surface area contributed by atoms with E-state index in [0.29, 0.717) is 6.42 Å². The average Bonchev–Trinajstić information content (AvgIpc) is 2.25. The van der Waals surface area contributed by atoms with E-state index in [4.69, 9.17) is 14.2 Å². The smallest absolute Gasteiger partial charge is 0.306 e. The standard InChI is InChI=1S/C12H18O4/c1-12-7-9-8(4-5-11(13)16-9)15-10(12)3-2-6-14-12/h8-10H,2-7H2,1H3/t8-,9+,10+,12-/m0/s1. The molecule has 4 heteroatoms. The number of esters is 1. The average molecular weight is 226 g/mol. The van der Waals surface area contributed by atoms with Gasteiger partial charge in [0.15, 0.2) is 0 Å². The summed E-state index contributed by atoms with van der Waals surface area (Å²) in [5.74, 6) is -0.0947. The van der Waals surface area contributed by atoms with Crippen LogP contribution in [0, 0.1) is 0 Å². The number of hydrogen-bond donors (Lipinski definition) is 0. The topological polar surface area (TPSA) is 44.8 Å². The normalized spacial score (nSPS) is 47.8. The maximum Gasteiger partial charge on any atom is 0.306 e. The third-order valence-electron chi connectivity index (χ3n) is 4.00. The van der Waals surface area contributed by atoms with Gasteiger partial charge in [0.25, 0.3) is 0 Å². The van der Waals surface area contributed by atoms with Crippen molar-refractivity contribution in [2.45, 2.75) is 62.9 Å². The molecule has 3 heterocycles. The summed E-state index contributed by atoms with van der Waals surface area (Å²) >= 11 is 0. The Kier molecular flexibility index (Phi) is 2.44. The molecular formula is C12H18O4. The van der Waals surface area contributed by atoms with E-state index in [9.17, 15) is 4.79 Å². The van der Waals surface area contributed by atoms with E-state index in [-0.39, 0.29) is 29.9 Å². The molecule has 16 heavy (non-hydrogen) atoms. The van der Waals surface area contributed by atoms with Crippen molar-refractivity contribution in [3.63, 3.8) is 0 Å². The molecule has 0 spiro atoms. The lowest BCUT2D eigenvalue weighted by Gasteiger charge is -2.50. The van der Waals surface area contributed by atoms with Crippen molar-refractivity contribution in [3.8, 4) is 0 Å². The maximum absolute atomic E-state index is 11.3. The lowest BCUT2D eigenvalue weighted by atomic mass is 9.81. The maximum atomic E-state index is 11.3. The van der Waals surface area contributed by atoms with Crippen molar-refractivity contribution in [2.24, 2.45) is 0 Å². The van der Waals surface area contributed by atoms with E-state index in [1.165, 1.54) is 0 Å². The molecule has 3 fully saturated rings. The second-order valence-electron chi connectivity index (χ2n) is 5.24. The summed E-state index contributed by atoms with van der Waals surface area (Å²) in [6, 6.07) is 0. The minimum atomic E-state index is -0.253. The highest BCUT2D eigenvalue weighted by atomic mass is 16.6. The SMILES string of the molecule is C[C@]12C[C@H]3OC(=O)CC[C@@H]3O[C@@H]1CCCO2. The van der Waals surface area contributed by atoms with Crippen LogP contribution < -0.4 is 0 Å². The number of hydrogen-bond acceptors (Lipinski definition) is 4. The zero-order valence-electron chi connectivity index (χ0n) is 9.61. The molecular weight excluding hydrogens is 208 g/mol. The third-order valence-corrected chi connectivity index (χ3v) is 4.00. The Morgan fingerprint density at radius 3 is 3.06 bits per heavy atom. The van der Waals surface area contributed by atoms with Gasteiger partial charge in [0.2, 0.25) is 0 Å². The van der Waals surface area contributed by atoms with Crippen molar-refractivity contribution in [1.29, 1.82) is 0 Å². The molecule has 0 aromatic heterocycles. The van der Waals surface area contributed by atoms with Gasteiger partial charge in [0, 0.05) is 19.4 Å². The van der Waals surface area contributed by atoms with Gasteiger partial charge in [-0.2, -0.15) is 0 Å². The molecule has 0 unspecified atom stereocenters. The summed E-state index contributed by atoms with van der Waals surface area (Å²) in [4.78, 5) is 11.3. The van der Waals surface area contributed by atoms with Crippen molar-refractivity contribution >= 4 is 5.97 Å². The van der Waals surface area contributed by atoms with Gasteiger partial charge in [-0.3, -0.25) is 4.79 Å². The first kappa shape index (κ1) is 10.5. The third kappa shape index (κ3) is 1.64. The highest BCUT2D eigenvalue weighted by Crippen LogP contribution is 2.41. The molecule has 3 rings (SSSR count). The highest BCUT2D eigenvalue weighted by Gasteiger charge is 2.50. The van der Waals surface area contributed by atoms with Crippen LogP contribution in [0.25, 0.3) is 0 Å². The van der Waals surface area contributed by atoms with Gasteiger partial charge in [-0.1, -0.05) is 0 Å². The first-order chi connectivity index (χ1) is 7.67. The fraction of sp³-hybridized carbons (Fsp3) is 0.917.